The van der Waals surface area contributed by atoms with Gasteiger partial charge in [-0.1, -0.05) is 13.8 Å². The highest BCUT2D eigenvalue weighted by Gasteiger charge is 2.16. The summed E-state index contributed by atoms with van der Waals surface area (Å²) >= 11 is 3.46. The van der Waals surface area contributed by atoms with Gasteiger partial charge in [-0.25, -0.2) is 9.97 Å². The maximum atomic E-state index is 5.22. The number of methoxy groups -OCH3 is 1. The van der Waals surface area contributed by atoms with Crippen LogP contribution in [0, 0.1) is 0 Å². The van der Waals surface area contributed by atoms with E-state index in [-0.39, 0.29) is 0 Å². The average Bonchev–Trinajstić information content (AvgIpc) is 2.29. The predicted octanol–water partition coefficient (Wildman–Crippen LogP) is 3.22. The monoisotopic (exact) mass is 315 g/mol. The fourth-order valence-electron chi connectivity index (χ4n) is 1.86. The molecule has 0 aromatic carbocycles. The summed E-state index contributed by atoms with van der Waals surface area (Å²) in [5, 5.41) is 0. The van der Waals surface area contributed by atoms with E-state index in [0.29, 0.717) is 18.6 Å². The van der Waals surface area contributed by atoms with E-state index in [0.717, 1.165) is 22.8 Å². The third kappa shape index (κ3) is 3.92. The van der Waals surface area contributed by atoms with Gasteiger partial charge in [-0.2, -0.15) is 0 Å². The number of hydrogen-bond acceptors (Lipinski definition) is 4. The van der Waals surface area contributed by atoms with E-state index in [9.17, 15) is 0 Å². The molecule has 0 amide bonds. The normalized spacial score (nSPS) is 12.8. The lowest BCUT2D eigenvalue weighted by Gasteiger charge is -2.29. The number of ether oxygens (including phenoxy) is 1. The molecule has 18 heavy (non-hydrogen) atoms. The third-order valence-corrected chi connectivity index (χ3v) is 3.20. The molecule has 0 spiro atoms. The summed E-state index contributed by atoms with van der Waals surface area (Å²) < 4.78 is 6.05. The molecule has 0 aliphatic rings. The summed E-state index contributed by atoms with van der Waals surface area (Å²) in [5.41, 5.74) is 0. The Morgan fingerprint density at radius 2 is 2.00 bits per heavy atom. The Balaban J connectivity index is 3.05. The van der Waals surface area contributed by atoms with Crippen LogP contribution in [0.1, 0.15) is 39.4 Å². The molecular weight excluding hydrogens is 294 g/mol. The maximum Gasteiger partial charge on any atom is 0.134 e. The number of likely N-dealkylation sites (N-methyl/N-ethyl adjacent to an activating group) is 1. The molecule has 0 radical (unpaired) electrons. The predicted molar refractivity (Wildman–Crippen MR) is 78.2 cm³/mol. The minimum absolute atomic E-state index is 0.293. The Hall–Kier alpha value is -0.680. The molecule has 102 valence electrons. The van der Waals surface area contributed by atoms with E-state index in [4.69, 9.17) is 4.74 Å². The summed E-state index contributed by atoms with van der Waals surface area (Å²) in [4.78, 5) is 11.3. The van der Waals surface area contributed by atoms with Crippen LogP contribution in [0.25, 0.3) is 0 Å². The molecule has 0 fully saturated rings. The minimum Gasteiger partial charge on any atom is -0.383 e. The lowest BCUT2D eigenvalue weighted by Crippen LogP contribution is -2.37. The second-order valence-electron chi connectivity index (χ2n) is 4.65. The topological polar surface area (TPSA) is 38.2 Å². The van der Waals surface area contributed by atoms with Crippen LogP contribution in [0.4, 0.5) is 5.82 Å². The van der Waals surface area contributed by atoms with Crippen molar-refractivity contribution in [3.8, 4) is 0 Å². The first kappa shape index (κ1) is 15.4. The molecule has 0 bridgehead atoms. The molecule has 0 saturated heterocycles. The molecular formula is C13H22BrN3O. The van der Waals surface area contributed by atoms with Gasteiger partial charge in [-0.15, -0.1) is 0 Å². The van der Waals surface area contributed by atoms with Gasteiger partial charge in [0.2, 0.25) is 0 Å². The molecule has 1 heterocycles. The molecule has 0 saturated carbocycles. The summed E-state index contributed by atoms with van der Waals surface area (Å²) in [6, 6.07) is 2.25. The summed E-state index contributed by atoms with van der Waals surface area (Å²) in [5.74, 6) is 2.13. The maximum absolute atomic E-state index is 5.22. The van der Waals surface area contributed by atoms with Gasteiger partial charge in [-0.3, -0.25) is 0 Å². The van der Waals surface area contributed by atoms with Gasteiger partial charge in [-0.05, 0) is 29.8 Å². The lowest BCUT2D eigenvalue weighted by molar-refractivity contribution is 0.181. The number of anilines is 1. The van der Waals surface area contributed by atoms with Gasteiger partial charge >= 0.3 is 0 Å². The average molecular weight is 316 g/mol. The highest BCUT2D eigenvalue weighted by atomic mass is 79.9. The van der Waals surface area contributed by atoms with Crippen LogP contribution in [0.2, 0.25) is 0 Å². The smallest absolute Gasteiger partial charge is 0.134 e. The summed E-state index contributed by atoms with van der Waals surface area (Å²) in [7, 11) is 1.72. The largest absolute Gasteiger partial charge is 0.383 e. The summed E-state index contributed by atoms with van der Waals surface area (Å²) in [6.45, 7) is 10.0. The van der Waals surface area contributed by atoms with Crippen LogP contribution in [-0.4, -0.2) is 36.3 Å². The standard InChI is InChI=1S/C13H22BrN3O/c1-6-17(10(4)8-18-5)12-7-11(14)15-13(16-12)9(2)3/h7,9-10H,6,8H2,1-5H3. The fraction of sp³-hybridized carbons (Fsp3) is 0.692. The fourth-order valence-corrected chi connectivity index (χ4v) is 2.25. The molecule has 0 aliphatic carbocycles. The molecule has 1 aromatic heterocycles. The van der Waals surface area contributed by atoms with E-state index in [1.54, 1.807) is 7.11 Å². The molecule has 0 aliphatic heterocycles. The Morgan fingerprint density at radius 1 is 1.33 bits per heavy atom. The van der Waals surface area contributed by atoms with Crippen molar-refractivity contribution in [2.45, 2.75) is 39.7 Å². The Morgan fingerprint density at radius 3 is 2.50 bits per heavy atom. The number of rotatable bonds is 6. The third-order valence-electron chi connectivity index (χ3n) is 2.79. The van der Waals surface area contributed by atoms with Crippen molar-refractivity contribution in [1.29, 1.82) is 0 Å². The minimum atomic E-state index is 0.293. The van der Waals surface area contributed by atoms with Gasteiger partial charge < -0.3 is 9.64 Å². The van der Waals surface area contributed by atoms with Crippen molar-refractivity contribution >= 4 is 21.7 Å². The van der Waals surface area contributed by atoms with Crippen LogP contribution in [-0.2, 0) is 4.74 Å². The first-order valence-corrected chi connectivity index (χ1v) is 7.08. The Kier molecular flexibility index (Phi) is 6.02. The molecule has 5 heteroatoms. The van der Waals surface area contributed by atoms with Gasteiger partial charge in [0.05, 0.1) is 12.6 Å². The number of halogens is 1. The van der Waals surface area contributed by atoms with Crippen LogP contribution < -0.4 is 4.90 Å². The lowest BCUT2D eigenvalue weighted by atomic mass is 10.2. The summed E-state index contributed by atoms with van der Waals surface area (Å²) in [6.07, 6.45) is 0. The highest BCUT2D eigenvalue weighted by Crippen LogP contribution is 2.21. The van der Waals surface area contributed by atoms with Crippen LogP contribution in [0.5, 0.6) is 0 Å². The second-order valence-corrected chi connectivity index (χ2v) is 5.46. The van der Waals surface area contributed by atoms with Gasteiger partial charge in [0.15, 0.2) is 0 Å². The van der Waals surface area contributed by atoms with E-state index in [1.807, 2.05) is 6.07 Å². The number of hydrogen-bond donors (Lipinski definition) is 0. The van der Waals surface area contributed by atoms with Crippen molar-refractivity contribution in [3.05, 3.63) is 16.5 Å². The molecule has 4 nitrogen and oxygen atoms in total. The van der Waals surface area contributed by atoms with Crippen molar-refractivity contribution in [3.63, 3.8) is 0 Å². The van der Waals surface area contributed by atoms with Gasteiger partial charge in [0.25, 0.3) is 0 Å². The van der Waals surface area contributed by atoms with Crippen molar-refractivity contribution in [1.82, 2.24) is 9.97 Å². The molecule has 1 aromatic rings. The molecule has 1 atom stereocenters. The van der Waals surface area contributed by atoms with Crippen LogP contribution in [0.15, 0.2) is 10.7 Å². The molecule has 1 unspecified atom stereocenters. The zero-order chi connectivity index (χ0) is 13.7. The Bertz CT molecular complexity index is 384. The van der Waals surface area contributed by atoms with E-state index in [2.05, 4.69) is 58.5 Å². The first-order chi connectivity index (χ1) is 8.49. The molecule has 0 N–H and O–H groups in total. The van der Waals surface area contributed by atoms with Crippen LogP contribution >= 0.6 is 15.9 Å². The quantitative estimate of drug-likeness (QED) is 0.755. The highest BCUT2D eigenvalue weighted by molar-refractivity contribution is 9.10. The zero-order valence-electron chi connectivity index (χ0n) is 11.8. The molecule has 1 rings (SSSR count). The Labute approximate surface area is 118 Å². The zero-order valence-corrected chi connectivity index (χ0v) is 13.4. The second kappa shape index (κ2) is 7.04. The number of aromatic nitrogens is 2. The van der Waals surface area contributed by atoms with Gasteiger partial charge in [0, 0.05) is 25.6 Å². The number of nitrogens with zero attached hydrogens (tertiary/aromatic N) is 3. The van der Waals surface area contributed by atoms with Crippen molar-refractivity contribution in [2.75, 3.05) is 25.2 Å². The van der Waals surface area contributed by atoms with Crippen molar-refractivity contribution in [2.24, 2.45) is 0 Å². The first-order valence-electron chi connectivity index (χ1n) is 6.29. The van der Waals surface area contributed by atoms with E-state index >= 15 is 0 Å². The van der Waals surface area contributed by atoms with Crippen LogP contribution in [0.3, 0.4) is 0 Å². The van der Waals surface area contributed by atoms with Gasteiger partial charge in [0.1, 0.15) is 16.2 Å². The SMILES string of the molecule is CCN(c1cc(Br)nc(C(C)C)n1)C(C)COC. The van der Waals surface area contributed by atoms with E-state index < -0.39 is 0 Å². The van der Waals surface area contributed by atoms with Crippen molar-refractivity contribution < 1.29 is 4.74 Å². The van der Waals surface area contributed by atoms with E-state index in [1.165, 1.54) is 0 Å².